The van der Waals surface area contributed by atoms with Crippen molar-refractivity contribution in [3.8, 4) is 17.0 Å². The smallest absolute Gasteiger partial charge is 0.206 e. The van der Waals surface area contributed by atoms with Gasteiger partial charge in [-0.25, -0.2) is 19.9 Å². The predicted octanol–water partition coefficient (Wildman–Crippen LogP) is 3.34. The van der Waals surface area contributed by atoms with Crippen molar-refractivity contribution in [1.82, 2.24) is 35.1 Å². The molecule has 10 nitrogen and oxygen atoms in total. The fraction of sp³-hybridized carbons (Fsp3) is 0.385. The van der Waals surface area contributed by atoms with Gasteiger partial charge in [-0.1, -0.05) is 6.07 Å². The van der Waals surface area contributed by atoms with E-state index in [2.05, 4.69) is 65.5 Å². The third-order valence-electron chi connectivity index (χ3n) is 7.11. The highest BCUT2D eigenvalue weighted by atomic mass is 16.5. The van der Waals surface area contributed by atoms with Crippen molar-refractivity contribution in [3.63, 3.8) is 0 Å². The van der Waals surface area contributed by atoms with Gasteiger partial charge >= 0.3 is 0 Å². The molecule has 0 radical (unpaired) electrons. The van der Waals surface area contributed by atoms with E-state index < -0.39 is 0 Å². The summed E-state index contributed by atoms with van der Waals surface area (Å²) in [6.07, 6.45) is 4.63. The summed E-state index contributed by atoms with van der Waals surface area (Å²) in [5.41, 5.74) is 4.73. The minimum absolute atomic E-state index is 0.331. The number of rotatable bonds is 7. The second-order valence-electron chi connectivity index (χ2n) is 9.30. The van der Waals surface area contributed by atoms with Gasteiger partial charge in [0.2, 0.25) is 5.95 Å². The zero-order chi connectivity index (χ0) is 24.5. The number of methoxy groups -OCH3 is 1. The first-order chi connectivity index (χ1) is 17.7. The van der Waals surface area contributed by atoms with Gasteiger partial charge in [-0.15, -0.1) is 0 Å². The van der Waals surface area contributed by atoms with E-state index in [1.807, 2.05) is 18.3 Å². The van der Waals surface area contributed by atoms with E-state index in [1.54, 1.807) is 13.4 Å². The highest BCUT2D eigenvalue weighted by Gasteiger charge is 2.23. The van der Waals surface area contributed by atoms with Gasteiger partial charge < -0.3 is 25.3 Å². The number of fused-ring (bicyclic) bond motifs is 1. The maximum absolute atomic E-state index is 5.74. The summed E-state index contributed by atoms with van der Waals surface area (Å²) in [6.45, 7) is 8.39. The van der Waals surface area contributed by atoms with Gasteiger partial charge in [-0.3, -0.25) is 4.90 Å². The predicted molar refractivity (Wildman–Crippen MR) is 141 cm³/mol. The normalized spacial score (nSPS) is 17.1. The van der Waals surface area contributed by atoms with E-state index in [9.17, 15) is 0 Å². The molecule has 0 bridgehead atoms. The number of aromatic amines is 1. The topological polar surface area (TPSA) is 107 Å². The summed E-state index contributed by atoms with van der Waals surface area (Å²) in [4.78, 5) is 26.3. The van der Waals surface area contributed by atoms with Gasteiger partial charge in [0.05, 0.1) is 18.1 Å². The minimum Gasteiger partial charge on any atom is -0.491 e. The van der Waals surface area contributed by atoms with Crippen LogP contribution in [0.2, 0.25) is 0 Å². The Hall–Kier alpha value is -3.76. The summed E-state index contributed by atoms with van der Waals surface area (Å²) in [5.74, 6) is 2.97. The van der Waals surface area contributed by atoms with Crippen molar-refractivity contribution >= 4 is 28.6 Å². The van der Waals surface area contributed by atoms with Crippen LogP contribution in [-0.4, -0.2) is 76.2 Å². The molecule has 1 aromatic carbocycles. The second-order valence-corrected chi connectivity index (χ2v) is 9.30. The first-order valence-corrected chi connectivity index (χ1v) is 12.5. The number of anilines is 3. The number of imidazole rings is 1. The Balaban J connectivity index is 1.25. The molecule has 2 aliphatic rings. The molecule has 1 unspecified atom stereocenters. The largest absolute Gasteiger partial charge is 0.491 e. The number of ether oxygens (including phenoxy) is 1. The Morgan fingerprint density at radius 2 is 1.89 bits per heavy atom. The molecule has 0 spiro atoms. The highest BCUT2D eigenvalue weighted by molar-refractivity contribution is 5.85. The summed E-state index contributed by atoms with van der Waals surface area (Å²) >= 11 is 0. The molecule has 10 heteroatoms. The number of aromatic nitrogens is 5. The number of hydrogen-bond acceptors (Lipinski definition) is 9. The fourth-order valence-electron chi connectivity index (χ4n) is 4.90. The number of piperazine rings is 1. The van der Waals surface area contributed by atoms with Gasteiger partial charge in [0.25, 0.3) is 0 Å². The third kappa shape index (κ3) is 4.33. The summed E-state index contributed by atoms with van der Waals surface area (Å²) in [6, 6.07) is 10.6. The number of H-pyrrole nitrogens is 1. The van der Waals surface area contributed by atoms with Crippen LogP contribution in [0.1, 0.15) is 24.9 Å². The number of benzene rings is 1. The molecule has 1 atom stereocenters. The highest BCUT2D eigenvalue weighted by Crippen LogP contribution is 2.37. The molecule has 186 valence electrons. The van der Waals surface area contributed by atoms with E-state index in [-0.39, 0.29) is 0 Å². The van der Waals surface area contributed by atoms with Crippen LogP contribution in [0.4, 0.5) is 17.6 Å². The van der Waals surface area contributed by atoms with Gasteiger partial charge in [0.1, 0.15) is 17.8 Å². The van der Waals surface area contributed by atoms with Crippen LogP contribution in [0.3, 0.4) is 0 Å². The lowest BCUT2D eigenvalue weighted by atomic mass is 10.1. The lowest BCUT2D eigenvalue weighted by Crippen LogP contribution is -2.44. The number of nitrogens with one attached hydrogen (secondary N) is 3. The van der Waals surface area contributed by atoms with Crippen LogP contribution in [0.25, 0.3) is 22.3 Å². The Kier molecular flexibility index (Phi) is 6.12. The summed E-state index contributed by atoms with van der Waals surface area (Å²) in [7, 11) is 1.67. The van der Waals surface area contributed by atoms with Crippen molar-refractivity contribution in [2.24, 2.45) is 0 Å². The number of hydrogen-bond donors (Lipinski definition) is 3. The molecule has 0 aliphatic carbocycles. The molecular formula is C26H31N9O. The minimum atomic E-state index is 0.331. The third-order valence-corrected chi connectivity index (χ3v) is 7.11. The Labute approximate surface area is 210 Å². The monoisotopic (exact) mass is 485 g/mol. The quantitative estimate of drug-likeness (QED) is 0.363. The van der Waals surface area contributed by atoms with Crippen LogP contribution in [0, 0.1) is 0 Å². The van der Waals surface area contributed by atoms with Crippen LogP contribution in [0.5, 0.6) is 5.75 Å². The fourth-order valence-corrected chi connectivity index (χ4v) is 4.90. The van der Waals surface area contributed by atoms with Gasteiger partial charge in [-0.05, 0) is 43.2 Å². The Bertz CT molecular complexity index is 1360. The van der Waals surface area contributed by atoms with Crippen LogP contribution < -0.4 is 20.3 Å². The van der Waals surface area contributed by atoms with E-state index in [4.69, 9.17) is 9.72 Å². The van der Waals surface area contributed by atoms with E-state index in [0.29, 0.717) is 17.7 Å². The first kappa shape index (κ1) is 22.7. The Morgan fingerprint density at radius 3 is 2.67 bits per heavy atom. The zero-order valence-electron chi connectivity index (χ0n) is 20.7. The molecule has 6 rings (SSSR count). The molecule has 2 saturated heterocycles. The number of nitrogens with zero attached hydrogens (tertiary/aromatic N) is 6. The molecule has 0 saturated carbocycles. The molecular weight excluding hydrogens is 454 g/mol. The van der Waals surface area contributed by atoms with Crippen molar-refractivity contribution in [2.45, 2.75) is 19.4 Å². The summed E-state index contributed by atoms with van der Waals surface area (Å²) < 4.78 is 5.74. The van der Waals surface area contributed by atoms with Crippen molar-refractivity contribution in [2.75, 3.05) is 56.6 Å². The molecule has 4 aromatic rings. The molecule has 2 aliphatic heterocycles. The average Bonchev–Trinajstić information content (AvgIpc) is 3.29. The molecule has 36 heavy (non-hydrogen) atoms. The first-order valence-electron chi connectivity index (χ1n) is 12.5. The lowest BCUT2D eigenvalue weighted by molar-refractivity contribution is 0.185. The second kappa shape index (κ2) is 9.71. The van der Waals surface area contributed by atoms with Gasteiger partial charge in [0, 0.05) is 57.1 Å². The molecule has 2 fully saturated rings. The Morgan fingerprint density at radius 1 is 1.03 bits per heavy atom. The summed E-state index contributed by atoms with van der Waals surface area (Å²) in [5, 5.41) is 6.76. The molecule has 3 N–H and O–H groups in total. The van der Waals surface area contributed by atoms with Crippen LogP contribution >= 0.6 is 0 Å². The molecule has 3 aromatic heterocycles. The van der Waals surface area contributed by atoms with Crippen molar-refractivity contribution in [3.05, 3.63) is 48.4 Å². The van der Waals surface area contributed by atoms with E-state index in [0.717, 1.165) is 73.2 Å². The standard InChI is InChI=1S/C26H31N9O/c1-17(34-12-8-27-9-13-34)18-6-7-28-22(15-18)33-26-31-20-5-4-19(14-21(20)32-26)23-24(36-2)25(30-16-29-23)35-10-3-11-35/h4-7,14-17,27H,3,8-13H2,1-2H3,(H2,28,31,32,33). The molecule has 0 amide bonds. The van der Waals surface area contributed by atoms with Crippen molar-refractivity contribution in [1.29, 1.82) is 0 Å². The maximum Gasteiger partial charge on any atom is 0.206 e. The molecule has 5 heterocycles. The maximum atomic E-state index is 5.74. The SMILES string of the molecule is COc1c(-c2ccc3nc(Nc4cc(C(C)N5CCNCC5)ccn4)[nH]c3c2)ncnc1N1CCC1. The van der Waals surface area contributed by atoms with Gasteiger partial charge in [0.15, 0.2) is 11.6 Å². The zero-order valence-corrected chi connectivity index (χ0v) is 20.7. The van der Waals surface area contributed by atoms with E-state index in [1.165, 1.54) is 12.0 Å². The van der Waals surface area contributed by atoms with Crippen LogP contribution in [0.15, 0.2) is 42.9 Å². The lowest BCUT2D eigenvalue weighted by Gasteiger charge is -2.33. The van der Waals surface area contributed by atoms with Crippen molar-refractivity contribution < 1.29 is 4.74 Å². The van der Waals surface area contributed by atoms with Crippen LogP contribution in [-0.2, 0) is 0 Å². The average molecular weight is 486 g/mol. The number of pyridine rings is 1. The van der Waals surface area contributed by atoms with Gasteiger partial charge in [-0.2, -0.15) is 0 Å². The van der Waals surface area contributed by atoms with E-state index >= 15 is 0 Å².